The molecule has 0 fully saturated rings. The molecule has 4 nitrogen and oxygen atoms in total. The second-order valence-electron chi connectivity index (χ2n) is 5.31. The van der Waals surface area contributed by atoms with E-state index < -0.39 is 10.0 Å². The van der Waals surface area contributed by atoms with Gasteiger partial charge in [0.25, 0.3) is 0 Å². The lowest BCUT2D eigenvalue weighted by molar-refractivity contribution is 0.285. The van der Waals surface area contributed by atoms with Gasteiger partial charge in [-0.05, 0) is 60.7 Å². The Bertz CT molecular complexity index is 759. The Hall–Kier alpha value is -1.76. The molecule has 2 rings (SSSR count). The topological polar surface area (TPSA) is 66.4 Å². The first-order valence-electron chi connectivity index (χ1n) is 8.41. The molecule has 0 aliphatic carbocycles. The zero-order valence-corrected chi connectivity index (χ0v) is 15.7. The summed E-state index contributed by atoms with van der Waals surface area (Å²) in [7, 11) is -3.56. The zero-order valence-electron chi connectivity index (χ0n) is 14.9. The largest absolute Gasteiger partial charge is 0.396 e. The van der Waals surface area contributed by atoms with Crippen LogP contribution in [0.3, 0.4) is 0 Å². The molecule has 0 saturated heterocycles. The van der Waals surface area contributed by atoms with E-state index in [1.54, 1.807) is 30.3 Å². The van der Waals surface area contributed by atoms with Gasteiger partial charge in [0.1, 0.15) is 5.82 Å². The number of halogens is 1. The summed E-state index contributed by atoms with van der Waals surface area (Å²) in [6.45, 7) is 6.17. The van der Waals surface area contributed by atoms with Gasteiger partial charge in [0.15, 0.2) is 0 Å². The Morgan fingerprint density at radius 2 is 1.68 bits per heavy atom. The van der Waals surface area contributed by atoms with Crippen LogP contribution in [0.2, 0.25) is 0 Å². The Labute approximate surface area is 149 Å². The van der Waals surface area contributed by atoms with Crippen molar-refractivity contribution in [1.29, 1.82) is 0 Å². The van der Waals surface area contributed by atoms with Crippen LogP contribution in [0, 0.1) is 12.7 Å². The summed E-state index contributed by atoms with van der Waals surface area (Å²) >= 11 is 0. The fourth-order valence-electron chi connectivity index (χ4n) is 2.28. The highest BCUT2D eigenvalue weighted by molar-refractivity contribution is 7.89. The third-order valence-electron chi connectivity index (χ3n) is 3.54. The van der Waals surface area contributed by atoms with Crippen molar-refractivity contribution >= 4 is 10.0 Å². The molecule has 25 heavy (non-hydrogen) atoms. The first-order valence-corrected chi connectivity index (χ1v) is 9.89. The van der Waals surface area contributed by atoms with Crippen molar-refractivity contribution < 1.29 is 17.9 Å². The number of rotatable bonds is 7. The van der Waals surface area contributed by atoms with Crippen LogP contribution < -0.4 is 4.72 Å². The number of hydrogen-bond donors (Lipinski definition) is 2. The third-order valence-corrected chi connectivity index (χ3v) is 5.00. The van der Waals surface area contributed by atoms with Crippen molar-refractivity contribution in [3.05, 3.63) is 53.8 Å². The summed E-state index contributed by atoms with van der Waals surface area (Å²) in [5, 5.41) is 8.70. The summed E-state index contributed by atoms with van der Waals surface area (Å²) < 4.78 is 39.9. The van der Waals surface area contributed by atoms with E-state index in [1.807, 2.05) is 20.8 Å². The molecule has 0 atom stereocenters. The SMILES string of the molecule is CC.Cc1cc(S(=O)(=O)NCCCCO)ccc1-c1ccc(F)cc1. The van der Waals surface area contributed by atoms with Crippen molar-refractivity contribution in [2.24, 2.45) is 0 Å². The van der Waals surface area contributed by atoms with Gasteiger partial charge in [0, 0.05) is 13.2 Å². The standard InChI is InChI=1S/C17H20FNO3S.C2H6/c1-13-12-16(23(21,22)19-10-2-3-11-20)8-9-17(13)14-4-6-15(18)7-5-14;1-2/h4-9,12,19-20H,2-3,10-11H2,1H3;1-2H3. The van der Waals surface area contributed by atoms with Crippen LogP contribution in [0.15, 0.2) is 47.4 Å². The molecule has 6 heteroatoms. The van der Waals surface area contributed by atoms with Gasteiger partial charge in [0.2, 0.25) is 10.0 Å². The van der Waals surface area contributed by atoms with Crippen LogP contribution >= 0.6 is 0 Å². The maximum Gasteiger partial charge on any atom is 0.240 e. The zero-order chi connectivity index (χ0) is 18.9. The average molecular weight is 367 g/mol. The van der Waals surface area contributed by atoms with Gasteiger partial charge in [-0.1, -0.05) is 32.0 Å². The van der Waals surface area contributed by atoms with E-state index in [-0.39, 0.29) is 17.3 Å². The second kappa shape index (κ2) is 10.3. The van der Waals surface area contributed by atoms with Crippen LogP contribution in [0.1, 0.15) is 32.3 Å². The average Bonchev–Trinajstić information content (AvgIpc) is 2.61. The predicted octanol–water partition coefficient (Wildman–Crippen LogP) is 3.88. The van der Waals surface area contributed by atoms with Gasteiger partial charge in [0.05, 0.1) is 4.90 Å². The monoisotopic (exact) mass is 367 g/mol. The molecule has 0 amide bonds. The number of hydrogen-bond acceptors (Lipinski definition) is 3. The van der Waals surface area contributed by atoms with Gasteiger partial charge in [-0.15, -0.1) is 0 Å². The highest BCUT2D eigenvalue weighted by Crippen LogP contribution is 2.26. The molecule has 138 valence electrons. The van der Waals surface area contributed by atoms with Crippen molar-refractivity contribution in [2.45, 2.75) is 38.5 Å². The predicted molar refractivity (Wildman–Crippen MR) is 99.4 cm³/mol. The van der Waals surface area contributed by atoms with Crippen LogP contribution in [0.4, 0.5) is 4.39 Å². The molecule has 0 radical (unpaired) electrons. The lowest BCUT2D eigenvalue weighted by atomic mass is 10.0. The van der Waals surface area contributed by atoms with E-state index in [1.165, 1.54) is 12.1 Å². The van der Waals surface area contributed by atoms with Crippen LogP contribution in [0.25, 0.3) is 11.1 Å². The second-order valence-corrected chi connectivity index (χ2v) is 7.08. The number of benzene rings is 2. The molecular weight excluding hydrogens is 341 g/mol. The third kappa shape index (κ3) is 6.23. The number of unbranched alkanes of at least 4 members (excludes halogenated alkanes) is 1. The first-order chi connectivity index (χ1) is 11.9. The van der Waals surface area contributed by atoms with E-state index in [0.29, 0.717) is 19.4 Å². The molecule has 2 N–H and O–H groups in total. The molecule has 2 aromatic carbocycles. The molecule has 0 aliphatic rings. The number of aliphatic hydroxyl groups excluding tert-OH is 1. The van der Waals surface area contributed by atoms with Gasteiger partial charge in [-0.3, -0.25) is 0 Å². The van der Waals surface area contributed by atoms with Crippen molar-refractivity contribution in [1.82, 2.24) is 4.72 Å². The number of aryl methyl sites for hydroxylation is 1. The van der Waals surface area contributed by atoms with E-state index in [2.05, 4.69) is 4.72 Å². The molecule has 0 unspecified atom stereocenters. The minimum atomic E-state index is -3.56. The molecule has 0 spiro atoms. The van der Waals surface area contributed by atoms with Gasteiger partial charge >= 0.3 is 0 Å². The fourth-order valence-corrected chi connectivity index (χ4v) is 3.44. The Balaban J connectivity index is 0.00000151. The Kier molecular flexibility index (Phi) is 8.75. The summed E-state index contributed by atoms with van der Waals surface area (Å²) in [4.78, 5) is 0.199. The summed E-state index contributed by atoms with van der Waals surface area (Å²) in [5.41, 5.74) is 2.50. The van der Waals surface area contributed by atoms with Crippen molar-refractivity contribution in [3.8, 4) is 11.1 Å². The number of aliphatic hydroxyl groups is 1. The number of sulfonamides is 1. The lowest BCUT2D eigenvalue weighted by Gasteiger charge is -2.10. The lowest BCUT2D eigenvalue weighted by Crippen LogP contribution is -2.25. The maximum atomic E-state index is 13.0. The highest BCUT2D eigenvalue weighted by atomic mass is 32.2. The first kappa shape index (κ1) is 21.3. The summed E-state index contributed by atoms with van der Waals surface area (Å²) in [6, 6.07) is 11.0. The summed E-state index contributed by atoms with van der Waals surface area (Å²) in [6.07, 6.45) is 1.15. The normalized spacial score (nSPS) is 10.9. The van der Waals surface area contributed by atoms with E-state index >= 15 is 0 Å². The maximum absolute atomic E-state index is 13.0. The minimum absolute atomic E-state index is 0.0488. The summed E-state index contributed by atoms with van der Waals surface area (Å²) in [5.74, 6) is -0.308. The van der Waals surface area contributed by atoms with Gasteiger partial charge < -0.3 is 5.11 Å². The molecule has 2 aromatic rings. The van der Waals surface area contributed by atoms with Crippen molar-refractivity contribution in [3.63, 3.8) is 0 Å². The van der Waals surface area contributed by atoms with E-state index in [0.717, 1.165) is 16.7 Å². The van der Waals surface area contributed by atoms with Gasteiger partial charge in [-0.2, -0.15) is 0 Å². The Morgan fingerprint density at radius 1 is 1.04 bits per heavy atom. The van der Waals surface area contributed by atoms with Crippen molar-refractivity contribution in [2.75, 3.05) is 13.2 Å². The number of nitrogens with one attached hydrogen (secondary N) is 1. The highest BCUT2D eigenvalue weighted by Gasteiger charge is 2.15. The molecule has 0 saturated carbocycles. The quantitative estimate of drug-likeness (QED) is 0.730. The molecule has 0 aromatic heterocycles. The van der Waals surface area contributed by atoms with Crippen LogP contribution in [-0.2, 0) is 10.0 Å². The van der Waals surface area contributed by atoms with Crippen LogP contribution in [-0.4, -0.2) is 26.7 Å². The molecule has 0 heterocycles. The smallest absolute Gasteiger partial charge is 0.240 e. The van der Waals surface area contributed by atoms with Gasteiger partial charge in [-0.25, -0.2) is 17.5 Å². The molecule has 0 bridgehead atoms. The minimum Gasteiger partial charge on any atom is -0.396 e. The van der Waals surface area contributed by atoms with E-state index in [4.69, 9.17) is 5.11 Å². The molecule has 0 aliphatic heterocycles. The van der Waals surface area contributed by atoms with E-state index in [9.17, 15) is 12.8 Å². The molecular formula is C19H26FNO3S. The fraction of sp³-hybridized carbons (Fsp3) is 0.368. The van der Waals surface area contributed by atoms with Crippen LogP contribution in [0.5, 0.6) is 0 Å². The Morgan fingerprint density at radius 3 is 2.24 bits per heavy atom.